The summed E-state index contributed by atoms with van der Waals surface area (Å²) in [5.41, 5.74) is 1.20. The van der Waals surface area contributed by atoms with Gasteiger partial charge in [0.2, 0.25) is 0 Å². The van der Waals surface area contributed by atoms with E-state index in [4.69, 9.17) is 4.74 Å². The molecule has 0 bridgehead atoms. The molecule has 6 heteroatoms. The van der Waals surface area contributed by atoms with Crippen molar-refractivity contribution in [3.63, 3.8) is 0 Å². The fourth-order valence-corrected chi connectivity index (χ4v) is 4.67. The largest absolute Gasteiger partial charge is 0.375 e. The van der Waals surface area contributed by atoms with Crippen molar-refractivity contribution in [1.82, 2.24) is 15.0 Å². The molecule has 0 N–H and O–H groups in total. The predicted molar refractivity (Wildman–Crippen MR) is 81.0 cm³/mol. The molecule has 1 unspecified atom stereocenters. The maximum Gasteiger partial charge on any atom is 0.0835 e. The van der Waals surface area contributed by atoms with E-state index in [2.05, 4.69) is 48.9 Å². The zero-order valence-corrected chi connectivity index (χ0v) is 13.5. The monoisotopic (exact) mass is 345 g/mol. The van der Waals surface area contributed by atoms with Crippen LogP contribution >= 0.6 is 27.7 Å². The van der Waals surface area contributed by atoms with Crippen LogP contribution in [0.4, 0.5) is 0 Å². The van der Waals surface area contributed by atoms with E-state index >= 15 is 0 Å². The molecule has 19 heavy (non-hydrogen) atoms. The van der Waals surface area contributed by atoms with Crippen LogP contribution in [-0.2, 0) is 11.2 Å². The van der Waals surface area contributed by atoms with Crippen LogP contribution in [0.25, 0.3) is 0 Å². The molecule has 3 heterocycles. The first-order valence-electron chi connectivity index (χ1n) is 7.00. The Balaban J connectivity index is 1.69. The van der Waals surface area contributed by atoms with Gasteiger partial charge in [0.25, 0.3) is 0 Å². The quantitative estimate of drug-likeness (QED) is 0.789. The number of aromatic nitrogens is 3. The Labute approximate surface area is 126 Å². The maximum atomic E-state index is 6.13. The van der Waals surface area contributed by atoms with Crippen molar-refractivity contribution in [2.75, 3.05) is 23.4 Å². The zero-order valence-electron chi connectivity index (χ0n) is 11.1. The summed E-state index contributed by atoms with van der Waals surface area (Å²) < 4.78 is 8.20. The molecule has 2 saturated heterocycles. The number of halogens is 1. The van der Waals surface area contributed by atoms with Gasteiger partial charge in [-0.1, -0.05) is 21.1 Å². The van der Waals surface area contributed by atoms with Crippen molar-refractivity contribution in [3.8, 4) is 0 Å². The molecule has 0 amide bonds. The van der Waals surface area contributed by atoms with Crippen molar-refractivity contribution in [1.29, 1.82) is 0 Å². The third-order valence-electron chi connectivity index (χ3n) is 4.15. The molecule has 4 nitrogen and oxygen atoms in total. The van der Waals surface area contributed by atoms with Gasteiger partial charge in [-0.15, -0.1) is 5.10 Å². The summed E-state index contributed by atoms with van der Waals surface area (Å²) in [6.45, 7) is 0.864. The van der Waals surface area contributed by atoms with Gasteiger partial charge in [-0.3, -0.25) is 0 Å². The Kier molecular flexibility index (Phi) is 4.49. The number of hydrogen-bond donors (Lipinski definition) is 0. The average Bonchev–Trinajstić information content (AvgIpc) is 2.89. The molecule has 0 saturated carbocycles. The van der Waals surface area contributed by atoms with Crippen molar-refractivity contribution in [3.05, 3.63) is 11.9 Å². The molecule has 3 rings (SSSR count). The summed E-state index contributed by atoms with van der Waals surface area (Å²) in [7, 11) is 0. The zero-order chi connectivity index (χ0) is 13.1. The summed E-state index contributed by atoms with van der Waals surface area (Å²) >= 11 is 5.50. The van der Waals surface area contributed by atoms with E-state index < -0.39 is 0 Å². The van der Waals surface area contributed by atoms with E-state index in [-0.39, 0.29) is 5.60 Å². The highest BCUT2D eigenvalue weighted by Gasteiger charge is 2.39. The topological polar surface area (TPSA) is 39.9 Å². The molecule has 106 valence electrons. The van der Waals surface area contributed by atoms with Crippen molar-refractivity contribution in [2.45, 2.75) is 43.7 Å². The van der Waals surface area contributed by atoms with Crippen LogP contribution in [0.5, 0.6) is 0 Å². The molecule has 1 atom stereocenters. The smallest absolute Gasteiger partial charge is 0.0835 e. The SMILES string of the molecule is BrCCc1cn(C2CCOC3(CCSCC3)C2)nn1. The van der Waals surface area contributed by atoms with Gasteiger partial charge in [-0.05, 0) is 37.2 Å². The van der Waals surface area contributed by atoms with E-state index in [1.165, 1.54) is 24.3 Å². The first-order valence-corrected chi connectivity index (χ1v) is 9.27. The van der Waals surface area contributed by atoms with E-state index in [1.807, 2.05) is 0 Å². The Morgan fingerprint density at radius 3 is 3.11 bits per heavy atom. The first-order chi connectivity index (χ1) is 9.31. The van der Waals surface area contributed by atoms with Gasteiger partial charge in [-0.2, -0.15) is 11.8 Å². The number of nitrogens with zero attached hydrogens (tertiary/aromatic N) is 3. The molecule has 1 aromatic heterocycles. The third kappa shape index (κ3) is 3.16. The summed E-state index contributed by atoms with van der Waals surface area (Å²) in [5.74, 6) is 2.47. The van der Waals surface area contributed by atoms with Crippen LogP contribution in [-0.4, -0.2) is 44.0 Å². The Hall–Kier alpha value is -0.0700. The predicted octanol–water partition coefficient (Wildman–Crippen LogP) is 2.83. The second kappa shape index (κ2) is 6.14. The highest BCUT2D eigenvalue weighted by Crippen LogP contribution is 2.41. The lowest BCUT2D eigenvalue weighted by Gasteiger charge is -2.43. The molecule has 2 aliphatic heterocycles. The first kappa shape index (κ1) is 13.9. The number of rotatable bonds is 3. The molecular formula is C13H20BrN3OS. The number of ether oxygens (including phenoxy) is 1. The summed E-state index contributed by atoms with van der Waals surface area (Å²) in [6, 6.07) is 0.466. The minimum absolute atomic E-state index is 0.121. The third-order valence-corrected chi connectivity index (χ3v) is 5.54. The van der Waals surface area contributed by atoms with Crippen LogP contribution in [0.1, 0.15) is 37.4 Å². The van der Waals surface area contributed by atoms with Crippen LogP contribution in [0.15, 0.2) is 6.20 Å². The fraction of sp³-hybridized carbons (Fsp3) is 0.846. The maximum absolute atomic E-state index is 6.13. The molecule has 0 aromatic carbocycles. The van der Waals surface area contributed by atoms with Gasteiger partial charge >= 0.3 is 0 Å². The lowest BCUT2D eigenvalue weighted by molar-refractivity contribution is -0.100. The Bertz CT molecular complexity index is 414. The van der Waals surface area contributed by atoms with Gasteiger partial charge in [0.1, 0.15) is 0 Å². The lowest BCUT2D eigenvalue weighted by Crippen LogP contribution is -2.43. The Morgan fingerprint density at radius 2 is 2.32 bits per heavy atom. The summed E-state index contributed by atoms with van der Waals surface area (Å²) in [5, 5.41) is 9.52. The molecule has 1 aromatic rings. The highest BCUT2D eigenvalue weighted by atomic mass is 79.9. The van der Waals surface area contributed by atoms with E-state index in [0.717, 1.165) is 36.9 Å². The summed E-state index contributed by atoms with van der Waals surface area (Å²) in [4.78, 5) is 0. The molecule has 2 aliphatic rings. The van der Waals surface area contributed by atoms with E-state index in [0.29, 0.717) is 6.04 Å². The van der Waals surface area contributed by atoms with Crippen LogP contribution in [0.3, 0.4) is 0 Å². The second-order valence-corrected chi connectivity index (χ2v) is 7.44. The van der Waals surface area contributed by atoms with E-state index in [9.17, 15) is 0 Å². The molecule has 2 fully saturated rings. The fourth-order valence-electron chi connectivity index (χ4n) is 3.02. The molecule has 0 radical (unpaired) electrons. The minimum Gasteiger partial charge on any atom is -0.375 e. The number of thioether (sulfide) groups is 1. The van der Waals surface area contributed by atoms with Crippen molar-refractivity contribution < 1.29 is 4.74 Å². The number of hydrogen-bond acceptors (Lipinski definition) is 4. The highest BCUT2D eigenvalue weighted by molar-refractivity contribution is 9.09. The molecular weight excluding hydrogens is 326 g/mol. The van der Waals surface area contributed by atoms with Crippen molar-refractivity contribution in [2.24, 2.45) is 0 Å². The van der Waals surface area contributed by atoms with Gasteiger partial charge < -0.3 is 4.74 Å². The Morgan fingerprint density at radius 1 is 1.47 bits per heavy atom. The van der Waals surface area contributed by atoms with Gasteiger partial charge in [0, 0.05) is 24.6 Å². The second-order valence-electron chi connectivity index (χ2n) is 5.42. The van der Waals surface area contributed by atoms with Crippen LogP contribution in [0.2, 0.25) is 0 Å². The minimum atomic E-state index is 0.121. The van der Waals surface area contributed by atoms with E-state index in [1.54, 1.807) is 0 Å². The van der Waals surface area contributed by atoms with Gasteiger partial charge in [0.05, 0.1) is 17.3 Å². The van der Waals surface area contributed by atoms with Gasteiger partial charge in [-0.25, -0.2) is 4.68 Å². The standard InChI is InChI=1S/C13H20BrN3OS/c14-5-1-11-10-17(16-15-11)12-2-6-18-13(9-12)3-7-19-8-4-13/h10,12H,1-9H2. The molecule has 0 aliphatic carbocycles. The average molecular weight is 346 g/mol. The lowest BCUT2D eigenvalue weighted by atomic mass is 9.85. The van der Waals surface area contributed by atoms with Crippen LogP contribution in [0, 0.1) is 0 Å². The van der Waals surface area contributed by atoms with Crippen molar-refractivity contribution >= 4 is 27.7 Å². The van der Waals surface area contributed by atoms with Crippen LogP contribution < -0.4 is 0 Å². The molecule has 1 spiro atoms. The normalized spacial score (nSPS) is 26.7. The number of alkyl halides is 1. The number of aryl methyl sites for hydroxylation is 1. The summed E-state index contributed by atoms with van der Waals surface area (Å²) in [6.07, 6.45) is 7.61. The van der Waals surface area contributed by atoms with Gasteiger partial charge in [0.15, 0.2) is 0 Å².